The maximum atomic E-state index is 3.38. The van der Waals surface area contributed by atoms with Gasteiger partial charge in [-0.1, -0.05) is 23.8 Å². The van der Waals surface area contributed by atoms with Gasteiger partial charge in [0.1, 0.15) is 0 Å². The van der Waals surface area contributed by atoms with E-state index in [1.165, 1.54) is 33.9 Å². The maximum absolute atomic E-state index is 3.38. The molecule has 1 aliphatic rings. The van der Waals surface area contributed by atoms with Crippen molar-refractivity contribution in [1.29, 1.82) is 0 Å². The number of anilines is 4. The van der Waals surface area contributed by atoms with Gasteiger partial charge in [-0.2, -0.15) is 0 Å². The molecule has 0 atom stereocenters. The first-order valence-electron chi connectivity index (χ1n) is 6.45. The van der Waals surface area contributed by atoms with E-state index in [1.54, 1.807) is 0 Å². The molecular formula is C16H18N2. The molecule has 0 amide bonds. The summed E-state index contributed by atoms with van der Waals surface area (Å²) in [6.45, 7) is 7.43. The van der Waals surface area contributed by atoms with Crippen LogP contribution in [0.25, 0.3) is 0 Å². The van der Waals surface area contributed by atoms with Crippen molar-refractivity contribution < 1.29 is 0 Å². The fraction of sp³-hybridized carbons (Fsp3) is 0.250. The predicted octanol–water partition coefficient (Wildman–Crippen LogP) is 4.52. The second-order valence-electron chi connectivity index (χ2n) is 4.86. The molecule has 1 aliphatic heterocycles. The van der Waals surface area contributed by atoms with Crippen molar-refractivity contribution in [3.8, 4) is 0 Å². The summed E-state index contributed by atoms with van der Waals surface area (Å²) in [5.41, 5.74) is 7.75. The van der Waals surface area contributed by atoms with Gasteiger partial charge >= 0.3 is 0 Å². The number of nitrogens with zero attached hydrogens (tertiary/aromatic N) is 1. The number of hydrogen-bond acceptors (Lipinski definition) is 2. The Kier molecular flexibility index (Phi) is 2.51. The van der Waals surface area contributed by atoms with E-state index in [-0.39, 0.29) is 0 Å². The Labute approximate surface area is 108 Å². The highest BCUT2D eigenvalue weighted by atomic mass is 15.2. The second-order valence-corrected chi connectivity index (χ2v) is 4.86. The maximum Gasteiger partial charge on any atom is 0.0868 e. The highest BCUT2D eigenvalue weighted by molar-refractivity contribution is 6.03. The molecule has 0 bridgehead atoms. The van der Waals surface area contributed by atoms with Gasteiger partial charge in [0, 0.05) is 12.2 Å². The third-order valence-corrected chi connectivity index (χ3v) is 3.53. The van der Waals surface area contributed by atoms with Gasteiger partial charge in [-0.3, -0.25) is 0 Å². The van der Waals surface area contributed by atoms with Gasteiger partial charge in [0.05, 0.1) is 17.1 Å². The monoisotopic (exact) mass is 238 g/mol. The summed E-state index contributed by atoms with van der Waals surface area (Å²) in [4.78, 5) is 2.34. The Morgan fingerprint density at radius 3 is 2.33 bits per heavy atom. The summed E-state index contributed by atoms with van der Waals surface area (Å²) in [6.07, 6.45) is 0. The van der Waals surface area contributed by atoms with E-state index in [2.05, 4.69) is 67.4 Å². The van der Waals surface area contributed by atoms with Crippen LogP contribution in [0.5, 0.6) is 0 Å². The molecule has 0 saturated carbocycles. The molecule has 0 radical (unpaired) electrons. The van der Waals surface area contributed by atoms with E-state index in [9.17, 15) is 0 Å². The zero-order chi connectivity index (χ0) is 12.7. The molecule has 0 aliphatic carbocycles. The molecule has 0 spiro atoms. The number of benzene rings is 2. The van der Waals surface area contributed by atoms with Gasteiger partial charge in [0.2, 0.25) is 0 Å². The Bertz CT molecular complexity index is 585. The van der Waals surface area contributed by atoms with E-state index < -0.39 is 0 Å². The van der Waals surface area contributed by atoms with Crippen LogP contribution in [0.2, 0.25) is 0 Å². The minimum absolute atomic E-state index is 0.972. The molecule has 1 heterocycles. The minimum Gasteiger partial charge on any atom is -0.350 e. The number of rotatable bonds is 3. The van der Waals surface area contributed by atoms with Crippen LogP contribution in [0.4, 0.5) is 22.7 Å². The van der Waals surface area contributed by atoms with Crippen molar-refractivity contribution in [3.63, 3.8) is 0 Å². The highest BCUT2D eigenvalue weighted by Gasteiger charge is 2.25. The van der Waals surface area contributed by atoms with Crippen molar-refractivity contribution in [1.82, 2.24) is 0 Å². The molecule has 0 aromatic heterocycles. The number of nitrogens with one attached hydrogen (secondary N) is 1. The lowest BCUT2D eigenvalue weighted by Gasteiger charge is -2.23. The van der Waals surface area contributed by atoms with Crippen LogP contribution in [0.1, 0.15) is 18.1 Å². The lowest BCUT2D eigenvalue weighted by atomic mass is 10.1. The normalized spacial score (nSPS) is 11.7. The van der Waals surface area contributed by atoms with E-state index >= 15 is 0 Å². The van der Waals surface area contributed by atoms with Crippen molar-refractivity contribution in [3.05, 3.63) is 47.5 Å². The summed E-state index contributed by atoms with van der Waals surface area (Å²) in [5.74, 6) is 0. The van der Waals surface area contributed by atoms with Gasteiger partial charge in [0.25, 0.3) is 0 Å². The van der Waals surface area contributed by atoms with Gasteiger partial charge in [0.15, 0.2) is 0 Å². The van der Waals surface area contributed by atoms with Gasteiger partial charge < -0.3 is 10.2 Å². The van der Waals surface area contributed by atoms with Crippen LogP contribution < -0.4 is 10.2 Å². The molecular weight excluding hydrogens is 220 g/mol. The lowest BCUT2D eigenvalue weighted by Crippen LogP contribution is -2.15. The first kappa shape index (κ1) is 11.1. The number of fused-ring (bicyclic) bond motifs is 1. The summed E-state index contributed by atoms with van der Waals surface area (Å²) >= 11 is 0. The largest absolute Gasteiger partial charge is 0.350 e. The van der Waals surface area contributed by atoms with Gasteiger partial charge in [-0.15, -0.1) is 0 Å². The fourth-order valence-electron chi connectivity index (χ4n) is 2.39. The molecule has 2 aromatic carbocycles. The van der Waals surface area contributed by atoms with E-state index in [0.29, 0.717) is 0 Å². The summed E-state index contributed by atoms with van der Waals surface area (Å²) < 4.78 is 0. The van der Waals surface area contributed by atoms with Crippen molar-refractivity contribution in [2.24, 2.45) is 0 Å². The lowest BCUT2D eigenvalue weighted by molar-refractivity contribution is 1.03. The SMILES string of the molecule is CCN(c1ccc(C)cc1)c1ccc(C)c2c1N2. The molecule has 2 heteroatoms. The number of aryl methyl sites for hydroxylation is 2. The minimum atomic E-state index is 0.972. The second kappa shape index (κ2) is 4.05. The Hall–Kier alpha value is -1.96. The quantitative estimate of drug-likeness (QED) is 0.679. The summed E-state index contributed by atoms with van der Waals surface area (Å²) in [6, 6.07) is 13.1. The zero-order valence-corrected chi connectivity index (χ0v) is 11.1. The van der Waals surface area contributed by atoms with Crippen LogP contribution in [0.15, 0.2) is 36.4 Å². The molecule has 0 saturated heterocycles. The van der Waals surface area contributed by atoms with Crippen molar-refractivity contribution >= 4 is 22.7 Å². The molecule has 2 aromatic rings. The van der Waals surface area contributed by atoms with Crippen LogP contribution in [-0.2, 0) is 0 Å². The highest BCUT2D eigenvalue weighted by Crippen LogP contribution is 2.50. The zero-order valence-electron chi connectivity index (χ0n) is 11.1. The van der Waals surface area contributed by atoms with Crippen LogP contribution in [0, 0.1) is 13.8 Å². The standard InChI is InChI=1S/C16H18N2/c1-4-18(13-8-5-11(2)6-9-13)14-10-7-12(3)15-16(14)17-15/h5-10,17H,4H2,1-3H3. The van der Waals surface area contributed by atoms with Gasteiger partial charge in [-0.05, 0) is 44.5 Å². The van der Waals surface area contributed by atoms with Crippen molar-refractivity contribution in [2.75, 3.05) is 16.8 Å². The Morgan fingerprint density at radius 1 is 0.944 bits per heavy atom. The van der Waals surface area contributed by atoms with Crippen molar-refractivity contribution in [2.45, 2.75) is 20.8 Å². The van der Waals surface area contributed by atoms with Crippen LogP contribution in [-0.4, -0.2) is 6.54 Å². The molecule has 2 nitrogen and oxygen atoms in total. The van der Waals surface area contributed by atoms with E-state index in [4.69, 9.17) is 0 Å². The third kappa shape index (κ3) is 1.74. The third-order valence-electron chi connectivity index (χ3n) is 3.53. The molecule has 3 rings (SSSR count). The Morgan fingerprint density at radius 2 is 1.67 bits per heavy atom. The average molecular weight is 238 g/mol. The molecule has 0 unspecified atom stereocenters. The predicted molar refractivity (Wildman–Crippen MR) is 78.3 cm³/mol. The molecule has 1 N–H and O–H groups in total. The van der Waals surface area contributed by atoms with Crippen LogP contribution in [0.3, 0.4) is 0 Å². The molecule has 92 valence electrons. The van der Waals surface area contributed by atoms with E-state index in [0.717, 1.165) is 6.54 Å². The molecule has 18 heavy (non-hydrogen) atoms. The number of hydrogen-bond donors (Lipinski definition) is 1. The smallest absolute Gasteiger partial charge is 0.0868 e. The fourth-order valence-corrected chi connectivity index (χ4v) is 2.39. The average Bonchev–Trinajstić information content (AvgIpc) is 3.16. The topological polar surface area (TPSA) is 25.2 Å². The Balaban J connectivity index is 2.00. The first-order valence-corrected chi connectivity index (χ1v) is 6.45. The summed E-state index contributed by atoms with van der Waals surface area (Å²) in [5, 5.41) is 3.38. The van der Waals surface area contributed by atoms with Crippen LogP contribution >= 0.6 is 0 Å². The van der Waals surface area contributed by atoms with E-state index in [1.807, 2.05) is 0 Å². The summed E-state index contributed by atoms with van der Waals surface area (Å²) in [7, 11) is 0. The first-order chi connectivity index (χ1) is 8.70. The molecule has 0 fully saturated rings. The van der Waals surface area contributed by atoms with Gasteiger partial charge in [-0.25, -0.2) is 0 Å².